The molecule has 2 aromatic rings. The van der Waals surface area contributed by atoms with Crippen LogP contribution in [0.4, 0.5) is 0 Å². The number of nitrogens with two attached hydrogens (primary N) is 1. The summed E-state index contributed by atoms with van der Waals surface area (Å²) in [5, 5.41) is 1.16. The van der Waals surface area contributed by atoms with Crippen LogP contribution in [0.3, 0.4) is 0 Å². The summed E-state index contributed by atoms with van der Waals surface area (Å²) in [6.07, 6.45) is 0.322. The molecule has 0 bridgehead atoms. The molecule has 25 heavy (non-hydrogen) atoms. The third kappa shape index (κ3) is 2.89. The van der Waals surface area contributed by atoms with Gasteiger partial charge in [0, 0.05) is 6.42 Å². The Balaban J connectivity index is 2.26. The standard InChI is InChI=1S/C16H15ClN4O4/c1-7-19-9-4-2-3-8(13(17)14(18)23)12(9)16(25)21(7)10-5-6-11(22)20-15(10)24/h2-4,10,13H,5-6H2,1H3,(H2,18,23)(H,20,22,24). The molecule has 2 atom stereocenters. The molecule has 2 heterocycles. The van der Waals surface area contributed by atoms with Gasteiger partial charge in [-0.3, -0.25) is 29.1 Å². The Morgan fingerprint density at radius 3 is 2.76 bits per heavy atom. The van der Waals surface area contributed by atoms with Crippen LogP contribution < -0.4 is 16.6 Å². The Morgan fingerprint density at radius 1 is 1.40 bits per heavy atom. The summed E-state index contributed by atoms with van der Waals surface area (Å²) in [7, 11) is 0. The summed E-state index contributed by atoms with van der Waals surface area (Å²) < 4.78 is 1.23. The van der Waals surface area contributed by atoms with Crippen molar-refractivity contribution in [2.24, 2.45) is 5.73 Å². The van der Waals surface area contributed by atoms with Crippen molar-refractivity contribution < 1.29 is 14.4 Å². The highest BCUT2D eigenvalue weighted by Crippen LogP contribution is 2.27. The zero-order chi connectivity index (χ0) is 18.3. The van der Waals surface area contributed by atoms with Crippen molar-refractivity contribution in [1.82, 2.24) is 14.9 Å². The Labute approximate surface area is 147 Å². The van der Waals surface area contributed by atoms with Gasteiger partial charge in [-0.05, 0) is 25.0 Å². The lowest BCUT2D eigenvalue weighted by Crippen LogP contribution is -2.45. The highest BCUT2D eigenvalue weighted by Gasteiger charge is 2.31. The largest absolute Gasteiger partial charge is 0.368 e. The molecule has 1 aliphatic heterocycles. The zero-order valence-electron chi connectivity index (χ0n) is 13.3. The summed E-state index contributed by atoms with van der Waals surface area (Å²) >= 11 is 6.04. The number of imide groups is 1. The van der Waals surface area contributed by atoms with Gasteiger partial charge in [-0.2, -0.15) is 0 Å². The number of alkyl halides is 1. The molecule has 2 unspecified atom stereocenters. The molecule has 1 fully saturated rings. The van der Waals surface area contributed by atoms with E-state index in [0.717, 1.165) is 0 Å². The monoisotopic (exact) mass is 362 g/mol. The third-order valence-electron chi connectivity index (χ3n) is 4.18. The summed E-state index contributed by atoms with van der Waals surface area (Å²) in [5.74, 6) is -1.40. The molecule has 8 nitrogen and oxygen atoms in total. The predicted molar refractivity (Wildman–Crippen MR) is 89.9 cm³/mol. The number of fused-ring (bicyclic) bond motifs is 1. The van der Waals surface area contributed by atoms with Crippen molar-refractivity contribution in [3.05, 3.63) is 39.9 Å². The van der Waals surface area contributed by atoms with Gasteiger partial charge in [0.25, 0.3) is 5.56 Å². The van der Waals surface area contributed by atoms with E-state index in [2.05, 4.69) is 10.3 Å². The van der Waals surface area contributed by atoms with E-state index in [1.807, 2.05) is 0 Å². The summed E-state index contributed by atoms with van der Waals surface area (Å²) in [6, 6.07) is 3.92. The van der Waals surface area contributed by atoms with Crippen LogP contribution in [0.15, 0.2) is 23.0 Å². The van der Waals surface area contributed by atoms with E-state index in [-0.39, 0.29) is 29.7 Å². The SMILES string of the molecule is Cc1nc2cccc(C(Cl)C(N)=O)c2c(=O)n1C1CCC(=O)NC1=O. The minimum absolute atomic E-state index is 0.126. The van der Waals surface area contributed by atoms with Crippen molar-refractivity contribution in [2.75, 3.05) is 0 Å². The minimum Gasteiger partial charge on any atom is -0.368 e. The predicted octanol–water partition coefficient (Wildman–Crippen LogP) is 0.448. The number of nitrogens with one attached hydrogen (secondary N) is 1. The molecule has 130 valence electrons. The van der Waals surface area contributed by atoms with Crippen LogP contribution in [0, 0.1) is 6.92 Å². The number of halogens is 1. The molecule has 0 saturated carbocycles. The number of carbonyl (C=O) groups excluding carboxylic acids is 3. The minimum atomic E-state index is -1.20. The Kier molecular flexibility index (Phi) is 4.30. The van der Waals surface area contributed by atoms with Gasteiger partial charge in [-0.1, -0.05) is 12.1 Å². The number of hydrogen-bond acceptors (Lipinski definition) is 5. The first-order chi connectivity index (χ1) is 11.8. The molecule has 0 radical (unpaired) electrons. The fourth-order valence-electron chi connectivity index (χ4n) is 3.04. The Hall–Kier alpha value is -2.74. The van der Waals surface area contributed by atoms with Crippen molar-refractivity contribution >= 4 is 40.2 Å². The lowest BCUT2D eigenvalue weighted by Gasteiger charge is -2.24. The number of nitrogens with zero attached hydrogens (tertiary/aromatic N) is 2. The molecule has 1 aliphatic rings. The lowest BCUT2D eigenvalue weighted by atomic mass is 10.0. The van der Waals surface area contributed by atoms with Crippen LogP contribution in [0.5, 0.6) is 0 Å². The first-order valence-corrected chi connectivity index (χ1v) is 8.03. The lowest BCUT2D eigenvalue weighted by molar-refractivity contribution is -0.135. The molecule has 3 N–H and O–H groups in total. The molecule has 0 spiro atoms. The first kappa shape index (κ1) is 17.1. The smallest absolute Gasteiger partial charge is 0.262 e. The van der Waals surface area contributed by atoms with Gasteiger partial charge in [-0.25, -0.2) is 4.98 Å². The van der Waals surface area contributed by atoms with E-state index in [1.165, 1.54) is 10.6 Å². The average molecular weight is 363 g/mol. The number of piperidine rings is 1. The summed E-state index contributed by atoms with van der Waals surface area (Å²) in [4.78, 5) is 52.4. The molecular weight excluding hydrogens is 348 g/mol. The second-order valence-corrected chi connectivity index (χ2v) is 6.24. The van der Waals surface area contributed by atoms with Gasteiger partial charge in [0.05, 0.1) is 10.9 Å². The van der Waals surface area contributed by atoms with E-state index in [0.29, 0.717) is 11.3 Å². The number of primary amides is 1. The van der Waals surface area contributed by atoms with Crippen LogP contribution in [0.25, 0.3) is 10.9 Å². The number of aromatic nitrogens is 2. The van der Waals surface area contributed by atoms with Gasteiger partial charge >= 0.3 is 0 Å². The molecule has 3 rings (SSSR count). The van der Waals surface area contributed by atoms with Gasteiger partial charge in [0.2, 0.25) is 17.7 Å². The zero-order valence-corrected chi connectivity index (χ0v) is 14.0. The second kappa shape index (κ2) is 6.29. The van der Waals surface area contributed by atoms with E-state index in [1.54, 1.807) is 19.1 Å². The quantitative estimate of drug-likeness (QED) is 0.605. The van der Waals surface area contributed by atoms with Crippen molar-refractivity contribution in [1.29, 1.82) is 0 Å². The summed E-state index contributed by atoms with van der Waals surface area (Å²) in [6.45, 7) is 1.60. The molecule has 1 aromatic carbocycles. The number of hydrogen-bond donors (Lipinski definition) is 2. The fraction of sp³-hybridized carbons (Fsp3) is 0.312. The molecule has 3 amide bonds. The average Bonchev–Trinajstić information content (AvgIpc) is 2.55. The molecule has 1 saturated heterocycles. The number of amides is 3. The number of rotatable bonds is 3. The maximum atomic E-state index is 13.1. The van der Waals surface area contributed by atoms with Gasteiger partial charge in [0.1, 0.15) is 17.2 Å². The second-order valence-electron chi connectivity index (χ2n) is 5.81. The van der Waals surface area contributed by atoms with E-state index in [9.17, 15) is 19.2 Å². The van der Waals surface area contributed by atoms with E-state index in [4.69, 9.17) is 17.3 Å². The Morgan fingerprint density at radius 2 is 2.12 bits per heavy atom. The van der Waals surface area contributed by atoms with Crippen LogP contribution in [0.2, 0.25) is 0 Å². The molecule has 1 aromatic heterocycles. The van der Waals surface area contributed by atoms with Gasteiger partial charge in [0.15, 0.2) is 0 Å². The van der Waals surface area contributed by atoms with Crippen LogP contribution in [0.1, 0.15) is 35.6 Å². The van der Waals surface area contributed by atoms with Crippen LogP contribution >= 0.6 is 11.6 Å². The van der Waals surface area contributed by atoms with E-state index < -0.39 is 28.8 Å². The fourth-order valence-corrected chi connectivity index (χ4v) is 3.22. The Bertz CT molecular complexity index is 968. The molecule has 9 heteroatoms. The normalized spacial score (nSPS) is 18.9. The van der Waals surface area contributed by atoms with Gasteiger partial charge in [-0.15, -0.1) is 11.6 Å². The maximum absolute atomic E-state index is 13.1. The van der Waals surface area contributed by atoms with E-state index >= 15 is 0 Å². The molecule has 0 aliphatic carbocycles. The van der Waals surface area contributed by atoms with Crippen molar-refractivity contribution in [2.45, 2.75) is 31.2 Å². The number of aryl methyl sites for hydroxylation is 1. The van der Waals surface area contributed by atoms with Crippen molar-refractivity contribution in [3.8, 4) is 0 Å². The summed E-state index contributed by atoms with van der Waals surface area (Å²) in [5.41, 5.74) is 5.35. The topological polar surface area (TPSA) is 124 Å². The van der Waals surface area contributed by atoms with Crippen molar-refractivity contribution in [3.63, 3.8) is 0 Å². The van der Waals surface area contributed by atoms with Crippen LogP contribution in [-0.2, 0) is 14.4 Å². The third-order valence-corrected chi connectivity index (χ3v) is 4.63. The number of carbonyl (C=O) groups is 3. The maximum Gasteiger partial charge on any atom is 0.262 e. The molecular formula is C16H15ClN4O4. The highest BCUT2D eigenvalue weighted by atomic mass is 35.5. The first-order valence-electron chi connectivity index (χ1n) is 7.60. The van der Waals surface area contributed by atoms with Gasteiger partial charge < -0.3 is 5.73 Å². The van der Waals surface area contributed by atoms with Crippen LogP contribution in [-0.4, -0.2) is 27.3 Å². The number of benzene rings is 1. The highest BCUT2D eigenvalue weighted by molar-refractivity contribution is 6.31.